The second-order valence-corrected chi connectivity index (χ2v) is 6.49. The van der Waals surface area contributed by atoms with Crippen LogP contribution in [0.25, 0.3) is 21.5 Å². The van der Waals surface area contributed by atoms with Gasteiger partial charge >= 0.3 is 5.97 Å². The van der Waals surface area contributed by atoms with Crippen molar-refractivity contribution >= 4 is 34.0 Å². The first-order valence-corrected chi connectivity index (χ1v) is 8.34. The Bertz CT molecular complexity index is 976. The highest BCUT2D eigenvalue weighted by molar-refractivity contribution is 5.98. The predicted octanol–water partition coefficient (Wildman–Crippen LogP) is 3.56. The van der Waals surface area contributed by atoms with Gasteiger partial charge in [0, 0.05) is 19.8 Å². The summed E-state index contributed by atoms with van der Waals surface area (Å²) in [6.07, 6.45) is 0.227. The van der Waals surface area contributed by atoms with Crippen LogP contribution in [-0.2, 0) is 31.9 Å². The Morgan fingerprint density at radius 2 is 1.48 bits per heavy atom. The first-order valence-electron chi connectivity index (χ1n) is 8.34. The Morgan fingerprint density at radius 1 is 0.920 bits per heavy atom. The van der Waals surface area contributed by atoms with Crippen LogP contribution in [0, 0.1) is 0 Å². The third-order valence-electron chi connectivity index (χ3n) is 4.83. The van der Waals surface area contributed by atoms with Crippen LogP contribution in [-0.4, -0.2) is 24.6 Å². The molecule has 0 N–H and O–H groups in total. The molecule has 0 spiro atoms. The number of hydrogen-bond acceptors (Lipinski definition) is 4. The maximum atomic E-state index is 11.4. The van der Waals surface area contributed by atoms with Crippen LogP contribution in [0.1, 0.15) is 18.1 Å². The lowest BCUT2D eigenvalue weighted by atomic mass is 9.85. The fraction of sp³-hybridized carbons (Fsp3) is 0.238. The fourth-order valence-electron chi connectivity index (χ4n) is 3.70. The van der Waals surface area contributed by atoms with E-state index in [1.807, 2.05) is 12.1 Å². The standard InChI is InChI=1S/C21H18O4/c1-13(23)25-21-11-19-9-17-7-15-5-3-2-4-14(15)6-16(17)8-18(19)10-20(21)24-12-22/h2-9,12,20-21H,10-11H2,1H3. The lowest BCUT2D eigenvalue weighted by Gasteiger charge is -2.31. The molecule has 0 bridgehead atoms. The maximum absolute atomic E-state index is 11.4. The number of esters is 1. The quantitative estimate of drug-likeness (QED) is 0.417. The van der Waals surface area contributed by atoms with Crippen LogP contribution >= 0.6 is 0 Å². The van der Waals surface area contributed by atoms with Crippen molar-refractivity contribution in [2.24, 2.45) is 0 Å². The van der Waals surface area contributed by atoms with E-state index in [-0.39, 0.29) is 5.97 Å². The zero-order valence-corrected chi connectivity index (χ0v) is 13.9. The highest BCUT2D eigenvalue weighted by atomic mass is 16.6. The Morgan fingerprint density at radius 3 is 2.00 bits per heavy atom. The summed E-state index contributed by atoms with van der Waals surface area (Å²) < 4.78 is 10.6. The molecule has 2 atom stereocenters. The van der Waals surface area contributed by atoms with Gasteiger partial charge in [0.05, 0.1) is 0 Å². The number of rotatable bonds is 3. The molecule has 2 unspecified atom stereocenters. The van der Waals surface area contributed by atoms with Crippen LogP contribution in [0.2, 0.25) is 0 Å². The van der Waals surface area contributed by atoms with Crippen LogP contribution in [0.15, 0.2) is 48.5 Å². The van der Waals surface area contributed by atoms with Crippen LogP contribution < -0.4 is 0 Å². The highest BCUT2D eigenvalue weighted by Crippen LogP contribution is 2.31. The molecule has 3 aromatic carbocycles. The summed E-state index contributed by atoms with van der Waals surface area (Å²) >= 11 is 0. The van der Waals surface area contributed by atoms with Gasteiger partial charge in [-0.25, -0.2) is 0 Å². The predicted molar refractivity (Wildman–Crippen MR) is 95.4 cm³/mol. The van der Waals surface area contributed by atoms with Gasteiger partial charge in [-0.15, -0.1) is 0 Å². The van der Waals surface area contributed by atoms with E-state index in [0.717, 1.165) is 21.9 Å². The summed E-state index contributed by atoms with van der Waals surface area (Å²) in [5.74, 6) is -0.361. The van der Waals surface area contributed by atoms with E-state index in [4.69, 9.17) is 9.47 Å². The molecule has 4 nitrogen and oxygen atoms in total. The first-order chi connectivity index (χ1) is 12.1. The van der Waals surface area contributed by atoms with Crippen molar-refractivity contribution in [3.63, 3.8) is 0 Å². The summed E-state index contributed by atoms with van der Waals surface area (Å²) in [7, 11) is 0. The van der Waals surface area contributed by atoms with Crippen LogP contribution in [0.5, 0.6) is 0 Å². The van der Waals surface area contributed by atoms with E-state index in [0.29, 0.717) is 19.3 Å². The molecule has 0 saturated heterocycles. The number of carbonyl (C=O) groups excluding carboxylic acids is 2. The molecule has 1 aliphatic carbocycles. The van der Waals surface area contributed by atoms with Gasteiger partial charge in [0.2, 0.25) is 0 Å². The van der Waals surface area contributed by atoms with Gasteiger partial charge in [0.15, 0.2) is 0 Å². The first kappa shape index (κ1) is 15.6. The van der Waals surface area contributed by atoms with E-state index >= 15 is 0 Å². The van der Waals surface area contributed by atoms with Crippen LogP contribution in [0.3, 0.4) is 0 Å². The van der Waals surface area contributed by atoms with Gasteiger partial charge in [0.25, 0.3) is 6.47 Å². The minimum Gasteiger partial charge on any atom is -0.460 e. The average Bonchev–Trinajstić information content (AvgIpc) is 2.58. The maximum Gasteiger partial charge on any atom is 0.303 e. The number of carbonyl (C=O) groups is 2. The minimum absolute atomic E-state index is 0.361. The molecule has 3 aromatic rings. The molecule has 1 aliphatic rings. The summed E-state index contributed by atoms with van der Waals surface area (Å²) in [6, 6.07) is 16.9. The lowest BCUT2D eigenvalue weighted by molar-refractivity contribution is -0.160. The number of ether oxygens (including phenoxy) is 2. The van der Waals surface area contributed by atoms with E-state index < -0.39 is 12.2 Å². The third kappa shape index (κ3) is 2.95. The van der Waals surface area contributed by atoms with E-state index in [9.17, 15) is 9.59 Å². The fourth-order valence-corrected chi connectivity index (χ4v) is 3.70. The van der Waals surface area contributed by atoms with Crippen molar-refractivity contribution in [2.45, 2.75) is 32.0 Å². The number of hydrogen-bond donors (Lipinski definition) is 0. The molecule has 25 heavy (non-hydrogen) atoms. The normalized spacial score (nSPS) is 19.4. The van der Waals surface area contributed by atoms with Crippen molar-refractivity contribution in [3.8, 4) is 0 Å². The van der Waals surface area contributed by atoms with Crippen molar-refractivity contribution in [1.29, 1.82) is 0 Å². The van der Waals surface area contributed by atoms with Gasteiger partial charge < -0.3 is 9.47 Å². The topological polar surface area (TPSA) is 52.6 Å². The summed E-state index contributed by atoms with van der Waals surface area (Å²) in [6.45, 7) is 1.81. The molecule has 0 radical (unpaired) electrons. The SMILES string of the molecule is CC(=O)OC1Cc2cc3cc4ccccc4cc3cc2CC1OC=O. The summed E-state index contributed by atoms with van der Waals surface area (Å²) in [5.41, 5.74) is 2.28. The zero-order valence-electron chi connectivity index (χ0n) is 13.9. The molecule has 0 saturated carbocycles. The lowest BCUT2D eigenvalue weighted by Crippen LogP contribution is -2.40. The summed E-state index contributed by atoms with van der Waals surface area (Å²) in [4.78, 5) is 22.2. The van der Waals surface area contributed by atoms with Crippen LogP contribution in [0.4, 0.5) is 0 Å². The second-order valence-electron chi connectivity index (χ2n) is 6.49. The van der Waals surface area contributed by atoms with Gasteiger partial charge in [-0.05, 0) is 44.8 Å². The average molecular weight is 334 g/mol. The Labute approximate surface area is 145 Å². The number of benzene rings is 3. The third-order valence-corrected chi connectivity index (χ3v) is 4.83. The van der Waals surface area contributed by atoms with Crippen molar-refractivity contribution in [2.75, 3.05) is 0 Å². The molecular formula is C21H18O4. The van der Waals surface area contributed by atoms with Gasteiger partial charge in [0.1, 0.15) is 12.2 Å². The number of fused-ring (bicyclic) bond motifs is 3. The smallest absolute Gasteiger partial charge is 0.303 e. The van der Waals surface area contributed by atoms with Crippen molar-refractivity contribution in [1.82, 2.24) is 0 Å². The molecule has 0 aliphatic heterocycles. The molecule has 126 valence electrons. The van der Waals surface area contributed by atoms with Crippen molar-refractivity contribution in [3.05, 3.63) is 59.7 Å². The van der Waals surface area contributed by atoms with Gasteiger partial charge in [-0.2, -0.15) is 0 Å². The van der Waals surface area contributed by atoms with Gasteiger partial charge in [-0.3, -0.25) is 9.59 Å². The zero-order chi connectivity index (χ0) is 17.4. The van der Waals surface area contributed by atoms with Gasteiger partial charge in [-0.1, -0.05) is 36.4 Å². The molecule has 0 amide bonds. The largest absolute Gasteiger partial charge is 0.460 e. The second kappa shape index (κ2) is 6.20. The van der Waals surface area contributed by atoms with Crippen molar-refractivity contribution < 1.29 is 19.1 Å². The van der Waals surface area contributed by atoms with E-state index in [2.05, 4.69) is 36.4 Å². The molecule has 4 rings (SSSR count). The Balaban J connectivity index is 1.79. The molecular weight excluding hydrogens is 316 g/mol. The molecule has 0 heterocycles. The van der Waals surface area contributed by atoms with E-state index in [1.54, 1.807) is 0 Å². The molecule has 0 aromatic heterocycles. The summed E-state index contributed by atoms with van der Waals surface area (Å²) in [5, 5.41) is 4.72. The Hall–Kier alpha value is -2.88. The Kier molecular flexibility index (Phi) is 3.88. The monoisotopic (exact) mass is 334 g/mol. The molecule has 0 fully saturated rings. The molecule has 4 heteroatoms. The minimum atomic E-state index is -0.438. The highest BCUT2D eigenvalue weighted by Gasteiger charge is 2.32. The van der Waals surface area contributed by atoms with E-state index in [1.165, 1.54) is 17.7 Å².